The van der Waals surface area contributed by atoms with Crippen molar-refractivity contribution in [3.63, 3.8) is 0 Å². The molecule has 0 aromatic rings. The van der Waals surface area contributed by atoms with Crippen LogP contribution in [0.3, 0.4) is 0 Å². The maximum atomic E-state index is 9.14. The Morgan fingerprint density at radius 3 is 1.75 bits per heavy atom. The van der Waals surface area contributed by atoms with Gasteiger partial charge in [-0.1, -0.05) is 65.7 Å². The van der Waals surface area contributed by atoms with E-state index in [1.807, 2.05) is 0 Å². The minimum Gasteiger partial charge on any atom is -0.251 e. The van der Waals surface area contributed by atoms with E-state index in [-0.39, 0.29) is 5.60 Å². The van der Waals surface area contributed by atoms with Gasteiger partial charge in [-0.25, -0.2) is 4.89 Å². The number of rotatable bonds is 11. The van der Waals surface area contributed by atoms with Gasteiger partial charge in [0, 0.05) is 0 Å². The minimum atomic E-state index is -0.254. The Balaban J connectivity index is 3.89. The summed E-state index contributed by atoms with van der Waals surface area (Å²) >= 11 is 0. The first-order valence-corrected chi connectivity index (χ1v) is 7.07. The van der Waals surface area contributed by atoms with E-state index in [0.29, 0.717) is 0 Å². The van der Waals surface area contributed by atoms with Crippen LogP contribution in [0.5, 0.6) is 0 Å². The molecule has 16 heavy (non-hydrogen) atoms. The van der Waals surface area contributed by atoms with Gasteiger partial charge in [0.15, 0.2) is 0 Å². The summed E-state index contributed by atoms with van der Waals surface area (Å²) < 4.78 is 0. The smallest absolute Gasteiger partial charge is 0.103 e. The van der Waals surface area contributed by atoms with Crippen molar-refractivity contribution in [2.75, 3.05) is 0 Å². The molecule has 0 aliphatic rings. The van der Waals surface area contributed by atoms with Crippen molar-refractivity contribution in [1.82, 2.24) is 0 Å². The summed E-state index contributed by atoms with van der Waals surface area (Å²) in [5.41, 5.74) is -0.254. The molecule has 0 aliphatic carbocycles. The van der Waals surface area contributed by atoms with E-state index in [4.69, 9.17) is 10.1 Å². The molecule has 0 aromatic heterocycles. The molecule has 0 rings (SSSR count). The van der Waals surface area contributed by atoms with Crippen molar-refractivity contribution in [2.24, 2.45) is 0 Å². The molecule has 0 unspecified atom stereocenters. The summed E-state index contributed by atoms with van der Waals surface area (Å²) in [6.07, 6.45) is 11.5. The van der Waals surface area contributed by atoms with Gasteiger partial charge < -0.3 is 0 Å². The summed E-state index contributed by atoms with van der Waals surface area (Å²) in [6, 6.07) is 0. The summed E-state index contributed by atoms with van der Waals surface area (Å²) in [7, 11) is 0. The van der Waals surface area contributed by atoms with Crippen LogP contribution in [-0.2, 0) is 4.89 Å². The highest BCUT2D eigenvalue weighted by atomic mass is 17.1. The second-order valence-electron chi connectivity index (χ2n) is 4.94. The number of unbranched alkanes of at least 4 members (excludes halogenated alkanes) is 4. The molecule has 1 N–H and O–H groups in total. The van der Waals surface area contributed by atoms with E-state index in [9.17, 15) is 0 Å². The zero-order valence-corrected chi connectivity index (χ0v) is 11.4. The molecule has 0 saturated heterocycles. The SMILES string of the molecule is CCCCCCCC(CCC)(CCC)OO. The summed E-state index contributed by atoms with van der Waals surface area (Å²) in [6.45, 7) is 6.54. The summed E-state index contributed by atoms with van der Waals surface area (Å²) in [5, 5.41) is 9.14. The van der Waals surface area contributed by atoms with Crippen molar-refractivity contribution in [3.8, 4) is 0 Å². The van der Waals surface area contributed by atoms with E-state index in [2.05, 4.69) is 20.8 Å². The second kappa shape index (κ2) is 10.1. The lowest BCUT2D eigenvalue weighted by Crippen LogP contribution is -2.31. The molecular weight excluding hydrogens is 200 g/mol. The van der Waals surface area contributed by atoms with Gasteiger partial charge in [-0.2, -0.15) is 0 Å². The van der Waals surface area contributed by atoms with Gasteiger partial charge >= 0.3 is 0 Å². The molecule has 0 amide bonds. The molecule has 98 valence electrons. The first kappa shape index (κ1) is 15.9. The van der Waals surface area contributed by atoms with Crippen LogP contribution in [0.2, 0.25) is 0 Å². The Hall–Kier alpha value is -0.0800. The van der Waals surface area contributed by atoms with Crippen molar-refractivity contribution in [2.45, 2.75) is 90.6 Å². The van der Waals surface area contributed by atoms with Crippen LogP contribution in [0.4, 0.5) is 0 Å². The van der Waals surface area contributed by atoms with Gasteiger partial charge in [0.05, 0.1) is 0 Å². The van der Waals surface area contributed by atoms with Crippen molar-refractivity contribution < 1.29 is 10.1 Å². The van der Waals surface area contributed by atoms with E-state index in [1.54, 1.807) is 0 Å². The van der Waals surface area contributed by atoms with Crippen LogP contribution in [0.25, 0.3) is 0 Å². The monoisotopic (exact) mass is 230 g/mol. The summed E-state index contributed by atoms with van der Waals surface area (Å²) in [4.78, 5) is 4.83. The average molecular weight is 230 g/mol. The first-order chi connectivity index (χ1) is 7.74. The standard InChI is InChI=1S/C14H30O2/c1-4-7-8-9-10-13-14(16-15,11-5-2)12-6-3/h15H,4-13H2,1-3H3. The maximum Gasteiger partial charge on any atom is 0.103 e. The molecule has 0 radical (unpaired) electrons. The van der Waals surface area contributed by atoms with Crippen LogP contribution in [-0.4, -0.2) is 10.9 Å². The molecule has 2 nitrogen and oxygen atoms in total. The number of hydrogen-bond acceptors (Lipinski definition) is 2. The third-order valence-corrected chi connectivity index (χ3v) is 3.34. The fourth-order valence-electron chi connectivity index (χ4n) is 2.47. The lowest BCUT2D eigenvalue weighted by molar-refractivity contribution is -0.329. The molecule has 2 heteroatoms. The maximum absolute atomic E-state index is 9.14. The Labute approximate surface area is 101 Å². The lowest BCUT2D eigenvalue weighted by Gasteiger charge is -2.30. The quantitative estimate of drug-likeness (QED) is 0.301. The van der Waals surface area contributed by atoms with Crippen LogP contribution in [0, 0.1) is 0 Å². The Morgan fingerprint density at radius 1 is 0.750 bits per heavy atom. The lowest BCUT2D eigenvalue weighted by atomic mass is 9.87. The van der Waals surface area contributed by atoms with Crippen LogP contribution in [0.1, 0.15) is 85.0 Å². The highest BCUT2D eigenvalue weighted by Crippen LogP contribution is 2.29. The topological polar surface area (TPSA) is 29.5 Å². The van der Waals surface area contributed by atoms with Crippen molar-refractivity contribution >= 4 is 0 Å². The van der Waals surface area contributed by atoms with E-state index >= 15 is 0 Å². The molecule has 0 aromatic carbocycles. The molecular formula is C14H30O2. The predicted octanol–water partition coefficient (Wildman–Crippen LogP) is 5.18. The second-order valence-corrected chi connectivity index (χ2v) is 4.94. The third kappa shape index (κ3) is 6.49. The van der Waals surface area contributed by atoms with Crippen LogP contribution >= 0.6 is 0 Å². The molecule has 0 heterocycles. The predicted molar refractivity (Wildman–Crippen MR) is 69.6 cm³/mol. The van der Waals surface area contributed by atoms with Gasteiger partial charge in [-0.05, 0) is 19.3 Å². The fourth-order valence-corrected chi connectivity index (χ4v) is 2.47. The molecule has 0 spiro atoms. The van der Waals surface area contributed by atoms with Gasteiger partial charge in [0.1, 0.15) is 5.60 Å². The van der Waals surface area contributed by atoms with Gasteiger partial charge in [-0.15, -0.1) is 0 Å². The van der Waals surface area contributed by atoms with Gasteiger partial charge in [0.25, 0.3) is 0 Å². The van der Waals surface area contributed by atoms with E-state index in [1.165, 1.54) is 32.1 Å². The first-order valence-electron chi connectivity index (χ1n) is 7.07. The van der Waals surface area contributed by atoms with Gasteiger partial charge in [0.2, 0.25) is 0 Å². The Bertz CT molecular complexity index is 140. The van der Waals surface area contributed by atoms with Crippen LogP contribution < -0.4 is 0 Å². The molecule has 0 aliphatic heterocycles. The average Bonchev–Trinajstić information content (AvgIpc) is 2.29. The zero-order valence-electron chi connectivity index (χ0n) is 11.4. The minimum absolute atomic E-state index is 0.254. The fraction of sp³-hybridized carbons (Fsp3) is 1.00. The normalized spacial score (nSPS) is 12.0. The summed E-state index contributed by atoms with van der Waals surface area (Å²) in [5.74, 6) is 0. The molecule has 0 bridgehead atoms. The molecule has 0 saturated carbocycles. The Morgan fingerprint density at radius 2 is 1.31 bits per heavy atom. The highest BCUT2D eigenvalue weighted by molar-refractivity contribution is 4.78. The van der Waals surface area contributed by atoms with Crippen molar-refractivity contribution in [3.05, 3.63) is 0 Å². The highest BCUT2D eigenvalue weighted by Gasteiger charge is 2.29. The van der Waals surface area contributed by atoms with Gasteiger partial charge in [-0.3, -0.25) is 5.26 Å². The molecule has 0 atom stereocenters. The Kier molecular flexibility index (Phi) is 10.0. The largest absolute Gasteiger partial charge is 0.251 e. The van der Waals surface area contributed by atoms with E-state index < -0.39 is 0 Å². The number of hydrogen-bond donors (Lipinski definition) is 1. The van der Waals surface area contributed by atoms with E-state index in [0.717, 1.165) is 32.1 Å². The van der Waals surface area contributed by atoms with Crippen LogP contribution in [0.15, 0.2) is 0 Å². The third-order valence-electron chi connectivity index (χ3n) is 3.34. The van der Waals surface area contributed by atoms with Crippen molar-refractivity contribution in [1.29, 1.82) is 0 Å². The molecule has 0 fully saturated rings. The zero-order chi connectivity index (χ0) is 12.3.